The van der Waals surface area contributed by atoms with Gasteiger partial charge in [-0.15, -0.1) is 0 Å². The fourth-order valence-electron chi connectivity index (χ4n) is 2.72. The van der Waals surface area contributed by atoms with E-state index >= 15 is 0 Å². The first kappa shape index (κ1) is 19.8. The van der Waals surface area contributed by atoms with Crippen LogP contribution in [0.4, 0.5) is 35.9 Å². The van der Waals surface area contributed by atoms with Gasteiger partial charge in [-0.25, -0.2) is 0 Å². The van der Waals surface area contributed by atoms with E-state index in [1.54, 1.807) is 30.3 Å². The number of nitrogens with zero attached hydrogens (tertiary/aromatic N) is 2. The van der Waals surface area contributed by atoms with Gasteiger partial charge in [-0.3, -0.25) is 20.2 Å². The number of halogens is 4. The van der Waals surface area contributed by atoms with Crippen molar-refractivity contribution in [3.05, 3.63) is 77.9 Å². The summed E-state index contributed by atoms with van der Waals surface area (Å²) in [4.78, 5) is 20.1. The van der Waals surface area contributed by atoms with Gasteiger partial charge in [0.15, 0.2) is 0 Å². The molecule has 0 saturated heterocycles. The number of fused-ring (bicyclic) bond motifs is 1. The fourth-order valence-corrected chi connectivity index (χ4v) is 3.37. The lowest BCUT2D eigenvalue weighted by molar-refractivity contribution is -0.394. The third-order valence-electron chi connectivity index (χ3n) is 3.95. The number of nitro groups is 2. The molecule has 0 spiro atoms. The van der Waals surface area contributed by atoms with Crippen LogP contribution in [0, 0.1) is 23.8 Å². The summed E-state index contributed by atoms with van der Waals surface area (Å²) in [6.07, 6.45) is -5.04. The number of rotatable bonds is 4. The molecule has 11 heteroatoms. The Bertz CT molecular complexity index is 1120. The van der Waals surface area contributed by atoms with Gasteiger partial charge >= 0.3 is 6.18 Å². The number of alkyl halides is 3. The molecule has 0 aromatic heterocycles. The molecule has 1 N–H and O–H groups in total. The number of nitrogens with one attached hydrogen (secondary N) is 1. The lowest BCUT2D eigenvalue weighted by Crippen LogP contribution is -2.12. The molecule has 0 radical (unpaired) electrons. The quantitative estimate of drug-likeness (QED) is 0.267. The molecule has 0 bridgehead atoms. The van der Waals surface area contributed by atoms with Crippen molar-refractivity contribution in [2.75, 3.05) is 5.32 Å². The molecule has 0 aliphatic rings. The maximum absolute atomic E-state index is 13.5. The zero-order valence-electron chi connectivity index (χ0n) is 13.7. The van der Waals surface area contributed by atoms with E-state index < -0.39 is 38.6 Å². The Balaban J connectivity index is 2.29. The van der Waals surface area contributed by atoms with Gasteiger partial charge in [0.1, 0.15) is 5.69 Å². The molecule has 144 valence electrons. The van der Waals surface area contributed by atoms with E-state index in [1.165, 1.54) is 6.07 Å². The van der Waals surface area contributed by atoms with Crippen LogP contribution in [0.25, 0.3) is 10.8 Å². The highest BCUT2D eigenvalue weighted by molar-refractivity contribution is 14.1. The molecule has 0 atom stereocenters. The molecule has 3 aromatic rings. The first-order chi connectivity index (χ1) is 13.1. The van der Waals surface area contributed by atoms with Crippen LogP contribution in [0.2, 0.25) is 0 Å². The molecular weight excluding hydrogens is 494 g/mol. The molecule has 0 saturated carbocycles. The molecule has 0 unspecified atom stereocenters. The Morgan fingerprint density at radius 3 is 2.14 bits per heavy atom. The van der Waals surface area contributed by atoms with Gasteiger partial charge in [-0.2, -0.15) is 13.2 Å². The molecule has 0 heterocycles. The summed E-state index contributed by atoms with van der Waals surface area (Å²) in [5, 5.41) is 26.1. The second-order valence-electron chi connectivity index (χ2n) is 5.66. The van der Waals surface area contributed by atoms with Crippen LogP contribution in [0.3, 0.4) is 0 Å². The van der Waals surface area contributed by atoms with Crippen molar-refractivity contribution in [2.45, 2.75) is 6.18 Å². The van der Waals surface area contributed by atoms with Gasteiger partial charge in [-0.05, 0) is 40.1 Å². The summed E-state index contributed by atoms with van der Waals surface area (Å²) in [7, 11) is 0. The number of non-ortho nitro benzene ring substituents is 1. The molecule has 0 aliphatic heterocycles. The Morgan fingerprint density at radius 2 is 1.57 bits per heavy atom. The maximum Gasteiger partial charge on any atom is 0.418 e. The summed E-state index contributed by atoms with van der Waals surface area (Å²) < 4.78 is 41.4. The van der Waals surface area contributed by atoms with E-state index in [-0.39, 0.29) is 11.8 Å². The topological polar surface area (TPSA) is 98.3 Å². The fraction of sp³-hybridized carbons (Fsp3) is 0.0588. The molecule has 3 rings (SSSR count). The second kappa shape index (κ2) is 7.22. The minimum Gasteiger partial charge on any atom is -0.349 e. The molecule has 0 aliphatic carbocycles. The summed E-state index contributed by atoms with van der Waals surface area (Å²) in [5.41, 5.74) is -4.19. The van der Waals surface area contributed by atoms with Crippen molar-refractivity contribution in [3.63, 3.8) is 0 Å². The van der Waals surface area contributed by atoms with Gasteiger partial charge in [0.05, 0.1) is 21.5 Å². The average Bonchev–Trinajstić information content (AvgIpc) is 2.63. The average molecular weight is 503 g/mol. The van der Waals surface area contributed by atoms with Crippen LogP contribution in [0.1, 0.15) is 5.56 Å². The third-order valence-corrected chi connectivity index (χ3v) is 4.89. The molecule has 0 fully saturated rings. The lowest BCUT2D eigenvalue weighted by atomic mass is 10.1. The standard InChI is InChI=1S/C17H9F3IN3O4/c18-17(19,20)12-7-9(23(25)26)8-15(24(27)28)16(12)22-14-6-5-13(21)10-3-1-2-4-11(10)14/h1-8,22H. The Kier molecular flexibility index (Phi) is 5.10. The van der Waals surface area contributed by atoms with Crippen molar-refractivity contribution in [2.24, 2.45) is 0 Å². The van der Waals surface area contributed by atoms with Gasteiger partial charge in [0, 0.05) is 20.7 Å². The highest BCUT2D eigenvalue weighted by atomic mass is 127. The molecular formula is C17H9F3IN3O4. The van der Waals surface area contributed by atoms with E-state index in [2.05, 4.69) is 27.9 Å². The Labute approximate surface area is 168 Å². The van der Waals surface area contributed by atoms with Crippen molar-refractivity contribution >= 4 is 56.1 Å². The minimum atomic E-state index is -5.04. The highest BCUT2D eigenvalue weighted by Crippen LogP contribution is 2.44. The predicted molar refractivity (Wildman–Crippen MR) is 105 cm³/mol. The van der Waals surface area contributed by atoms with Crippen LogP contribution >= 0.6 is 22.6 Å². The lowest BCUT2D eigenvalue weighted by Gasteiger charge is -2.16. The Morgan fingerprint density at radius 1 is 0.929 bits per heavy atom. The maximum atomic E-state index is 13.5. The SMILES string of the molecule is O=[N+]([O-])c1cc([N+](=O)[O-])c(Nc2ccc(I)c3ccccc23)c(C(F)(F)F)c1. The molecule has 28 heavy (non-hydrogen) atoms. The number of benzene rings is 3. The summed E-state index contributed by atoms with van der Waals surface area (Å²) in [6.45, 7) is 0. The predicted octanol–water partition coefficient (Wildman–Crippen LogP) is 6.02. The van der Waals surface area contributed by atoms with Gasteiger partial charge in [0.2, 0.25) is 0 Å². The largest absolute Gasteiger partial charge is 0.418 e. The third kappa shape index (κ3) is 3.69. The zero-order chi connectivity index (χ0) is 20.6. The minimum absolute atomic E-state index is 0.207. The molecule has 0 amide bonds. The van der Waals surface area contributed by atoms with Crippen molar-refractivity contribution in [3.8, 4) is 0 Å². The number of nitro benzene ring substituents is 2. The highest BCUT2D eigenvalue weighted by Gasteiger charge is 2.39. The van der Waals surface area contributed by atoms with Crippen molar-refractivity contribution in [1.82, 2.24) is 0 Å². The van der Waals surface area contributed by atoms with Crippen LogP contribution in [0.5, 0.6) is 0 Å². The van der Waals surface area contributed by atoms with Gasteiger partial charge in [0.25, 0.3) is 11.4 Å². The van der Waals surface area contributed by atoms with E-state index in [0.717, 1.165) is 8.96 Å². The first-order valence-corrected chi connectivity index (χ1v) is 8.65. The first-order valence-electron chi connectivity index (χ1n) is 7.58. The molecule has 3 aromatic carbocycles. The van der Waals surface area contributed by atoms with Crippen LogP contribution < -0.4 is 5.32 Å². The number of anilines is 2. The van der Waals surface area contributed by atoms with E-state index in [0.29, 0.717) is 11.5 Å². The summed E-state index contributed by atoms with van der Waals surface area (Å²) >= 11 is 2.06. The van der Waals surface area contributed by atoms with Gasteiger partial charge < -0.3 is 5.32 Å². The smallest absolute Gasteiger partial charge is 0.349 e. The number of hydrogen-bond donors (Lipinski definition) is 1. The monoisotopic (exact) mass is 503 g/mol. The van der Waals surface area contributed by atoms with E-state index in [9.17, 15) is 33.4 Å². The summed E-state index contributed by atoms with van der Waals surface area (Å²) in [5.74, 6) is 0. The van der Waals surface area contributed by atoms with Crippen molar-refractivity contribution < 1.29 is 23.0 Å². The normalized spacial score (nSPS) is 11.4. The van der Waals surface area contributed by atoms with Crippen LogP contribution in [-0.2, 0) is 6.18 Å². The van der Waals surface area contributed by atoms with Crippen LogP contribution in [0.15, 0.2) is 48.5 Å². The second-order valence-corrected chi connectivity index (χ2v) is 6.83. The molecule has 7 nitrogen and oxygen atoms in total. The Hall–Kier alpha value is -2.96. The van der Waals surface area contributed by atoms with E-state index in [4.69, 9.17) is 0 Å². The summed E-state index contributed by atoms with van der Waals surface area (Å²) in [6, 6.07) is 10.8. The van der Waals surface area contributed by atoms with Gasteiger partial charge in [-0.1, -0.05) is 24.3 Å². The number of hydrogen-bond acceptors (Lipinski definition) is 5. The van der Waals surface area contributed by atoms with Crippen LogP contribution in [-0.4, -0.2) is 9.85 Å². The van der Waals surface area contributed by atoms with E-state index in [1.807, 2.05) is 0 Å². The zero-order valence-corrected chi connectivity index (χ0v) is 15.8. The van der Waals surface area contributed by atoms with Crippen molar-refractivity contribution in [1.29, 1.82) is 0 Å².